The molecule has 0 aliphatic heterocycles. The fourth-order valence-electron chi connectivity index (χ4n) is 1.94. The Morgan fingerprint density at radius 1 is 1.39 bits per heavy atom. The Hall–Kier alpha value is -1.26. The summed E-state index contributed by atoms with van der Waals surface area (Å²) in [6.07, 6.45) is 1.60. The fourth-order valence-corrected chi connectivity index (χ4v) is 3.13. The lowest BCUT2D eigenvalue weighted by Crippen LogP contribution is -2.10. The van der Waals surface area contributed by atoms with E-state index in [1.54, 1.807) is 23.6 Å². The molecule has 2 heterocycles. The third-order valence-corrected chi connectivity index (χ3v) is 3.97. The van der Waals surface area contributed by atoms with Gasteiger partial charge in [0.25, 0.3) is 0 Å². The lowest BCUT2D eigenvalue weighted by Gasteiger charge is -2.16. The Kier molecular flexibility index (Phi) is 3.78. The van der Waals surface area contributed by atoms with E-state index < -0.39 is 0 Å². The zero-order chi connectivity index (χ0) is 13.3. The van der Waals surface area contributed by atoms with Crippen molar-refractivity contribution in [1.29, 1.82) is 0 Å². The fraction of sp³-hybridized carbons (Fsp3) is 0.308. The van der Waals surface area contributed by atoms with Crippen molar-refractivity contribution in [1.82, 2.24) is 4.98 Å². The molecule has 1 atom stereocenters. The molecule has 0 radical (unpaired) electrons. The first-order valence-electron chi connectivity index (χ1n) is 5.72. The molecule has 2 rings (SSSR count). The number of hydrogen-bond donors (Lipinski definition) is 2. The summed E-state index contributed by atoms with van der Waals surface area (Å²) in [5, 5.41) is 3.87. The summed E-state index contributed by atoms with van der Waals surface area (Å²) in [5.41, 5.74) is 7.74. The molecule has 18 heavy (non-hydrogen) atoms. The van der Waals surface area contributed by atoms with Crippen LogP contribution < -0.4 is 11.1 Å². The number of nitrogens with two attached hydrogens (primary N) is 1. The quantitative estimate of drug-likeness (QED) is 0.888. The van der Waals surface area contributed by atoms with Gasteiger partial charge in [-0.25, -0.2) is 4.98 Å². The number of nitrogens with one attached hydrogen (secondary N) is 1. The molecule has 0 aliphatic carbocycles. The topological polar surface area (TPSA) is 50.9 Å². The minimum atomic E-state index is 0.172. The van der Waals surface area contributed by atoms with Gasteiger partial charge in [0.2, 0.25) is 0 Å². The van der Waals surface area contributed by atoms with Crippen LogP contribution >= 0.6 is 22.9 Å². The number of aromatic nitrogens is 1. The van der Waals surface area contributed by atoms with Crippen molar-refractivity contribution in [2.24, 2.45) is 0 Å². The van der Waals surface area contributed by atoms with Gasteiger partial charge >= 0.3 is 0 Å². The Morgan fingerprint density at radius 3 is 2.67 bits per heavy atom. The van der Waals surface area contributed by atoms with Gasteiger partial charge in [-0.3, -0.25) is 0 Å². The SMILES string of the molecule is Cc1cc(C(C)Nc2ncc(Cl)cc2N)c(C)s1. The van der Waals surface area contributed by atoms with E-state index in [1.807, 2.05) is 0 Å². The second kappa shape index (κ2) is 5.16. The first-order chi connectivity index (χ1) is 8.47. The first kappa shape index (κ1) is 13.2. The molecular formula is C13H16ClN3S. The van der Waals surface area contributed by atoms with Crippen LogP contribution in [-0.2, 0) is 0 Å². The summed E-state index contributed by atoms with van der Waals surface area (Å²) in [4.78, 5) is 6.85. The molecule has 3 nitrogen and oxygen atoms in total. The number of aryl methyl sites for hydroxylation is 2. The van der Waals surface area contributed by atoms with E-state index in [4.69, 9.17) is 17.3 Å². The van der Waals surface area contributed by atoms with Gasteiger partial charge in [0.15, 0.2) is 0 Å². The maximum absolute atomic E-state index is 5.88. The van der Waals surface area contributed by atoms with Crippen LogP contribution in [-0.4, -0.2) is 4.98 Å². The van der Waals surface area contributed by atoms with Gasteiger partial charge < -0.3 is 11.1 Å². The van der Waals surface area contributed by atoms with Gasteiger partial charge in [0.1, 0.15) is 5.82 Å². The highest BCUT2D eigenvalue weighted by Gasteiger charge is 2.13. The lowest BCUT2D eigenvalue weighted by molar-refractivity contribution is 0.873. The third kappa shape index (κ3) is 2.76. The van der Waals surface area contributed by atoms with Gasteiger partial charge in [0.05, 0.1) is 16.8 Å². The van der Waals surface area contributed by atoms with E-state index in [2.05, 4.69) is 37.1 Å². The summed E-state index contributed by atoms with van der Waals surface area (Å²) in [6.45, 7) is 6.34. The monoisotopic (exact) mass is 281 g/mol. The van der Waals surface area contributed by atoms with Crippen LogP contribution in [0.25, 0.3) is 0 Å². The van der Waals surface area contributed by atoms with E-state index in [0.29, 0.717) is 16.5 Å². The lowest BCUT2D eigenvalue weighted by atomic mass is 10.1. The first-order valence-corrected chi connectivity index (χ1v) is 6.91. The van der Waals surface area contributed by atoms with Crippen LogP contribution in [0.1, 0.15) is 28.3 Å². The van der Waals surface area contributed by atoms with Gasteiger partial charge in [0, 0.05) is 16.0 Å². The predicted molar refractivity (Wildman–Crippen MR) is 79.5 cm³/mol. The molecule has 0 amide bonds. The second-order valence-corrected chi connectivity index (χ2v) is 6.22. The molecule has 0 aromatic carbocycles. The summed E-state index contributed by atoms with van der Waals surface area (Å²) in [6, 6.07) is 4.07. The molecule has 0 saturated carbocycles. The molecular weight excluding hydrogens is 266 g/mol. The maximum Gasteiger partial charge on any atom is 0.149 e. The number of nitrogens with zero attached hydrogens (tertiary/aromatic N) is 1. The van der Waals surface area contributed by atoms with Crippen molar-refractivity contribution in [2.75, 3.05) is 11.1 Å². The molecule has 3 N–H and O–H groups in total. The zero-order valence-electron chi connectivity index (χ0n) is 10.6. The second-order valence-electron chi connectivity index (χ2n) is 4.33. The summed E-state index contributed by atoms with van der Waals surface area (Å²) in [5.74, 6) is 0.676. The van der Waals surface area contributed by atoms with E-state index in [0.717, 1.165) is 0 Å². The van der Waals surface area contributed by atoms with Gasteiger partial charge in [-0.05, 0) is 38.5 Å². The highest BCUT2D eigenvalue weighted by Crippen LogP contribution is 2.30. The van der Waals surface area contributed by atoms with Crippen molar-refractivity contribution < 1.29 is 0 Å². The Bertz CT molecular complexity index is 565. The van der Waals surface area contributed by atoms with E-state index in [-0.39, 0.29) is 6.04 Å². The standard InChI is InChI=1S/C13H16ClN3S/c1-7-4-11(9(3)18-7)8(2)17-13-12(15)5-10(14)6-16-13/h4-6,8H,15H2,1-3H3,(H,16,17). The molecule has 2 aromatic rings. The highest BCUT2D eigenvalue weighted by atomic mass is 35.5. The highest BCUT2D eigenvalue weighted by molar-refractivity contribution is 7.12. The Balaban J connectivity index is 2.21. The summed E-state index contributed by atoms with van der Waals surface area (Å²) in [7, 11) is 0. The van der Waals surface area contributed by atoms with Crippen LogP contribution in [0.5, 0.6) is 0 Å². The molecule has 0 aliphatic rings. The average molecular weight is 282 g/mol. The molecule has 0 saturated heterocycles. The van der Waals surface area contributed by atoms with Crippen LogP contribution in [0.3, 0.4) is 0 Å². The summed E-state index contributed by atoms with van der Waals surface area (Å²) < 4.78 is 0. The van der Waals surface area contributed by atoms with Gasteiger partial charge in [-0.1, -0.05) is 11.6 Å². The number of halogens is 1. The maximum atomic E-state index is 5.88. The number of anilines is 2. The van der Waals surface area contributed by atoms with Crippen molar-refractivity contribution >= 4 is 34.4 Å². The number of rotatable bonds is 3. The minimum absolute atomic E-state index is 0.172. The van der Waals surface area contributed by atoms with Crippen molar-refractivity contribution in [2.45, 2.75) is 26.8 Å². The van der Waals surface area contributed by atoms with Crippen LogP contribution in [0, 0.1) is 13.8 Å². The number of pyridine rings is 1. The van der Waals surface area contributed by atoms with Crippen LogP contribution in [0.15, 0.2) is 18.3 Å². The Morgan fingerprint density at radius 2 is 2.11 bits per heavy atom. The summed E-state index contributed by atoms with van der Waals surface area (Å²) >= 11 is 7.63. The largest absolute Gasteiger partial charge is 0.396 e. The Labute approximate surface area is 116 Å². The van der Waals surface area contributed by atoms with Crippen molar-refractivity contribution in [3.8, 4) is 0 Å². The molecule has 0 fully saturated rings. The number of hydrogen-bond acceptors (Lipinski definition) is 4. The molecule has 0 spiro atoms. The van der Waals surface area contributed by atoms with E-state index >= 15 is 0 Å². The van der Waals surface area contributed by atoms with Crippen molar-refractivity contribution in [3.05, 3.63) is 38.7 Å². The van der Waals surface area contributed by atoms with Crippen molar-refractivity contribution in [3.63, 3.8) is 0 Å². The number of thiophene rings is 1. The normalized spacial score (nSPS) is 12.4. The molecule has 5 heteroatoms. The molecule has 1 unspecified atom stereocenters. The van der Waals surface area contributed by atoms with Crippen LogP contribution in [0.4, 0.5) is 11.5 Å². The molecule has 0 bridgehead atoms. The molecule has 2 aromatic heterocycles. The smallest absolute Gasteiger partial charge is 0.149 e. The van der Waals surface area contributed by atoms with Gasteiger partial charge in [-0.15, -0.1) is 11.3 Å². The number of nitrogen functional groups attached to an aromatic ring is 1. The predicted octanol–water partition coefficient (Wildman–Crippen LogP) is 4.17. The minimum Gasteiger partial charge on any atom is -0.396 e. The molecule has 96 valence electrons. The van der Waals surface area contributed by atoms with Crippen LogP contribution in [0.2, 0.25) is 5.02 Å². The van der Waals surface area contributed by atoms with E-state index in [1.165, 1.54) is 15.3 Å². The third-order valence-electron chi connectivity index (χ3n) is 2.78. The van der Waals surface area contributed by atoms with Gasteiger partial charge in [-0.2, -0.15) is 0 Å². The zero-order valence-corrected chi connectivity index (χ0v) is 12.2. The average Bonchev–Trinajstić information content (AvgIpc) is 2.62. The van der Waals surface area contributed by atoms with E-state index in [9.17, 15) is 0 Å².